The molecule has 0 aliphatic heterocycles. The molecule has 0 atom stereocenters. The molecule has 2 aromatic heterocycles. The Hall–Kier alpha value is -4.27. The highest BCUT2D eigenvalue weighted by atomic mass is 19.1. The maximum absolute atomic E-state index is 13.9. The van der Waals surface area contributed by atoms with E-state index in [0.717, 1.165) is 23.3 Å². The molecular weight excluding hydrogens is 456 g/mol. The van der Waals surface area contributed by atoms with Crippen LogP contribution in [0.3, 0.4) is 0 Å². The molecule has 7 nitrogen and oxygen atoms in total. The number of hydrogen-bond acceptors (Lipinski definition) is 5. The van der Waals surface area contributed by atoms with Crippen molar-refractivity contribution >= 4 is 17.5 Å². The Balaban J connectivity index is 1.48. The molecule has 0 aliphatic carbocycles. The van der Waals surface area contributed by atoms with E-state index in [9.17, 15) is 18.4 Å². The first kappa shape index (κ1) is 23.9. The number of hydrogen-bond donors (Lipinski definition) is 1. The summed E-state index contributed by atoms with van der Waals surface area (Å²) in [6.45, 7) is 1.65. The third-order valence-corrected chi connectivity index (χ3v) is 5.49. The largest absolute Gasteiger partial charge is 0.485 e. The van der Waals surface area contributed by atoms with Gasteiger partial charge in [-0.1, -0.05) is 30.3 Å². The molecular formula is C26H23F2N3O4. The molecule has 0 fully saturated rings. The normalized spacial score (nSPS) is 10.9. The Bertz CT molecular complexity index is 1360. The highest BCUT2D eigenvalue weighted by Gasteiger charge is 2.19. The van der Waals surface area contributed by atoms with Crippen molar-refractivity contribution in [3.8, 4) is 5.75 Å². The summed E-state index contributed by atoms with van der Waals surface area (Å²) in [4.78, 5) is 28.8. The minimum Gasteiger partial charge on any atom is -0.485 e. The number of nitrogens with one attached hydrogen (secondary N) is 1. The highest BCUT2D eigenvalue weighted by Crippen LogP contribution is 2.24. The number of amides is 1. The molecule has 180 valence electrons. The molecule has 2 heterocycles. The summed E-state index contributed by atoms with van der Waals surface area (Å²) in [5.41, 5.74) is 2.64. The summed E-state index contributed by atoms with van der Waals surface area (Å²) < 4.78 is 39.8. The minimum atomic E-state index is -0.699. The van der Waals surface area contributed by atoms with E-state index in [0.29, 0.717) is 22.8 Å². The van der Waals surface area contributed by atoms with Crippen molar-refractivity contribution in [3.05, 3.63) is 101 Å². The second kappa shape index (κ2) is 10.3. The number of esters is 1. The molecule has 4 aromatic rings. The molecule has 1 N–H and O–H groups in total. The zero-order chi connectivity index (χ0) is 24.9. The van der Waals surface area contributed by atoms with Crippen molar-refractivity contribution < 1.29 is 27.8 Å². The van der Waals surface area contributed by atoms with E-state index in [2.05, 4.69) is 15.0 Å². The third kappa shape index (κ3) is 5.29. The Labute approximate surface area is 200 Å². The lowest BCUT2D eigenvalue weighted by Crippen LogP contribution is -2.25. The van der Waals surface area contributed by atoms with Crippen LogP contribution in [0.5, 0.6) is 5.75 Å². The van der Waals surface area contributed by atoms with Gasteiger partial charge in [-0.15, -0.1) is 0 Å². The summed E-state index contributed by atoms with van der Waals surface area (Å²) in [5, 5.41) is 2.87. The number of methoxy groups -OCH3 is 1. The van der Waals surface area contributed by atoms with Crippen molar-refractivity contribution in [1.29, 1.82) is 0 Å². The van der Waals surface area contributed by atoms with Gasteiger partial charge in [0.2, 0.25) is 0 Å². The van der Waals surface area contributed by atoms with Crippen LogP contribution in [-0.4, -0.2) is 28.4 Å². The molecule has 0 bridgehead atoms. The van der Waals surface area contributed by atoms with Gasteiger partial charge in [-0.25, -0.2) is 13.8 Å². The summed E-state index contributed by atoms with van der Waals surface area (Å²) in [5.74, 6) is -1.77. The first-order chi connectivity index (χ1) is 16.9. The summed E-state index contributed by atoms with van der Waals surface area (Å²) in [6, 6.07) is 14.2. The zero-order valence-corrected chi connectivity index (χ0v) is 19.2. The molecule has 9 heteroatoms. The summed E-state index contributed by atoms with van der Waals surface area (Å²) in [6.07, 6.45) is 1.85. The minimum absolute atomic E-state index is 0.179. The van der Waals surface area contributed by atoms with Gasteiger partial charge in [0.15, 0.2) is 11.4 Å². The molecule has 0 saturated heterocycles. The molecule has 0 spiro atoms. The van der Waals surface area contributed by atoms with Gasteiger partial charge in [0.1, 0.15) is 23.9 Å². The third-order valence-electron chi connectivity index (χ3n) is 5.49. The average Bonchev–Trinajstić information content (AvgIpc) is 3.19. The van der Waals surface area contributed by atoms with Gasteiger partial charge >= 0.3 is 5.97 Å². The SMILES string of the molecule is COC(=O)Cc1ccc(CNC(=O)c2c(C)nc3c(OCc4c(F)cccc4F)cccn23)cc1. The van der Waals surface area contributed by atoms with Gasteiger partial charge < -0.3 is 14.8 Å². The van der Waals surface area contributed by atoms with Gasteiger partial charge in [0, 0.05) is 12.7 Å². The van der Waals surface area contributed by atoms with E-state index in [4.69, 9.17) is 4.74 Å². The molecule has 0 aliphatic rings. The molecule has 0 radical (unpaired) electrons. The molecule has 1 amide bonds. The van der Waals surface area contributed by atoms with Gasteiger partial charge in [-0.05, 0) is 42.3 Å². The lowest BCUT2D eigenvalue weighted by molar-refractivity contribution is -0.139. The molecule has 35 heavy (non-hydrogen) atoms. The van der Waals surface area contributed by atoms with E-state index >= 15 is 0 Å². The Kier molecular flexibility index (Phi) is 7.05. The topological polar surface area (TPSA) is 81.9 Å². The average molecular weight is 479 g/mol. The fourth-order valence-corrected chi connectivity index (χ4v) is 3.64. The quantitative estimate of drug-likeness (QED) is 0.384. The van der Waals surface area contributed by atoms with Crippen LogP contribution in [0.2, 0.25) is 0 Å². The van der Waals surface area contributed by atoms with Crippen LogP contribution < -0.4 is 10.1 Å². The molecule has 0 saturated carbocycles. The van der Waals surface area contributed by atoms with Crippen LogP contribution in [0.4, 0.5) is 8.78 Å². The second-order valence-corrected chi connectivity index (χ2v) is 7.85. The van der Waals surface area contributed by atoms with Gasteiger partial charge in [-0.2, -0.15) is 0 Å². The molecule has 0 unspecified atom stereocenters. The number of benzene rings is 2. The number of nitrogens with zero attached hydrogens (tertiary/aromatic N) is 2. The molecule has 2 aromatic carbocycles. The number of fused-ring (bicyclic) bond motifs is 1. The smallest absolute Gasteiger partial charge is 0.309 e. The van der Waals surface area contributed by atoms with E-state index in [1.165, 1.54) is 13.2 Å². The fraction of sp³-hybridized carbons (Fsp3) is 0.192. The number of carbonyl (C=O) groups is 2. The predicted octanol–water partition coefficient (Wildman–Crippen LogP) is 4.15. The monoisotopic (exact) mass is 479 g/mol. The lowest BCUT2D eigenvalue weighted by Gasteiger charge is -2.10. The van der Waals surface area contributed by atoms with Crippen molar-refractivity contribution in [2.75, 3.05) is 7.11 Å². The lowest BCUT2D eigenvalue weighted by atomic mass is 10.1. The number of carbonyl (C=O) groups excluding carboxylic acids is 2. The molecule has 4 rings (SSSR count). The van der Waals surface area contributed by atoms with E-state index < -0.39 is 11.6 Å². The number of aromatic nitrogens is 2. The van der Waals surface area contributed by atoms with Crippen LogP contribution >= 0.6 is 0 Å². The van der Waals surface area contributed by atoms with Crippen LogP contribution in [0, 0.1) is 18.6 Å². The Morgan fingerprint density at radius 2 is 1.69 bits per heavy atom. The summed E-state index contributed by atoms with van der Waals surface area (Å²) in [7, 11) is 1.34. The van der Waals surface area contributed by atoms with E-state index in [1.54, 1.807) is 41.8 Å². The Morgan fingerprint density at radius 3 is 2.37 bits per heavy atom. The van der Waals surface area contributed by atoms with Crippen molar-refractivity contribution in [3.63, 3.8) is 0 Å². The second-order valence-electron chi connectivity index (χ2n) is 7.85. The highest BCUT2D eigenvalue weighted by molar-refractivity contribution is 5.95. The van der Waals surface area contributed by atoms with Crippen molar-refractivity contribution in [2.45, 2.75) is 26.5 Å². The van der Waals surface area contributed by atoms with E-state index in [-0.39, 0.29) is 37.0 Å². The van der Waals surface area contributed by atoms with Crippen LogP contribution in [0.25, 0.3) is 5.65 Å². The van der Waals surface area contributed by atoms with Crippen LogP contribution in [0.1, 0.15) is 32.9 Å². The first-order valence-corrected chi connectivity index (χ1v) is 10.8. The number of ether oxygens (including phenoxy) is 2. The van der Waals surface area contributed by atoms with Crippen molar-refractivity contribution in [2.24, 2.45) is 0 Å². The number of aryl methyl sites for hydroxylation is 1. The maximum Gasteiger partial charge on any atom is 0.309 e. The van der Waals surface area contributed by atoms with Gasteiger partial charge in [-0.3, -0.25) is 14.0 Å². The Morgan fingerprint density at radius 1 is 1.00 bits per heavy atom. The standard InChI is InChI=1S/C26H23F2N3O4/c1-16-24(26(33)29-14-18-10-8-17(9-11-18)13-23(32)34-2)31-12-4-7-22(25(31)30-16)35-15-19-20(27)5-3-6-21(19)28/h3-12H,13-15H2,1-2H3,(H,29,33). The van der Waals surface area contributed by atoms with Crippen LogP contribution in [0.15, 0.2) is 60.8 Å². The number of rotatable bonds is 8. The van der Waals surface area contributed by atoms with E-state index in [1.807, 2.05) is 12.1 Å². The zero-order valence-electron chi connectivity index (χ0n) is 19.2. The first-order valence-electron chi connectivity index (χ1n) is 10.8. The number of pyridine rings is 1. The number of imidazole rings is 1. The van der Waals surface area contributed by atoms with Crippen molar-refractivity contribution in [1.82, 2.24) is 14.7 Å². The fourth-order valence-electron chi connectivity index (χ4n) is 3.64. The number of halogens is 2. The predicted molar refractivity (Wildman–Crippen MR) is 124 cm³/mol. The maximum atomic E-state index is 13.9. The van der Waals surface area contributed by atoms with Gasteiger partial charge in [0.25, 0.3) is 5.91 Å². The van der Waals surface area contributed by atoms with Crippen LogP contribution in [-0.2, 0) is 29.1 Å². The van der Waals surface area contributed by atoms with Gasteiger partial charge in [0.05, 0.1) is 24.8 Å². The summed E-state index contributed by atoms with van der Waals surface area (Å²) >= 11 is 0.